The minimum Gasteiger partial charge on any atom is -0.469 e. The van der Waals surface area contributed by atoms with Gasteiger partial charge in [-0.2, -0.15) is 0 Å². The number of aromatic nitrogens is 2. The van der Waals surface area contributed by atoms with E-state index in [2.05, 4.69) is 20.0 Å². The van der Waals surface area contributed by atoms with E-state index in [9.17, 15) is 4.79 Å². The average Bonchev–Trinajstić information content (AvgIpc) is 2.29. The standard InChI is InChI=1S/C9H13N3O2S/c1-14-9(13)3-4-10-7-5-8(15-2)12-6-11-7/h5-6H,3-4H2,1-2H3,(H,10,11,12). The van der Waals surface area contributed by atoms with Crippen LogP contribution in [0.25, 0.3) is 0 Å². The van der Waals surface area contributed by atoms with Crippen LogP contribution >= 0.6 is 11.8 Å². The van der Waals surface area contributed by atoms with Crippen molar-refractivity contribution in [3.05, 3.63) is 12.4 Å². The Kier molecular flexibility index (Phi) is 4.89. The highest BCUT2D eigenvalue weighted by Gasteiger charge is 2.00. The SMILES string of the molecule is COC(=O)CCNc1cc(SC)ncn1. The molecule has 1 heterocycles. The predicted octanol–water partition coefficient (Wildman–Crippen LogP) is 1.17. The van der Waals surface area contributed by atoms with Crippen LogP contribution < -0.4 is 5.32 Å². The first-order valence-corrected chi connectivity index (χ1v) is 5.65. The van der Waals surface area contributed by atoms with Gasteiger partial charge < -0.3 is 10.1 Å². The summed E-state index contributed by atoms with van der Waals surface area (Å²) in [7, 11) is 1.37. The van der Waals surface area contributed by atoms with Gasteiger partial charge in [0.25, 0.3) is 0 Å². The lowest BCUT2D eigenvalue weighted by molar-refractivity contribution is -0.140. The van der Waals surface area contributed by atoms with E-state index >= 15 is 0 Å². The van der Waals surface area contributed by atoms with Gasteiger partial charge in [0.1, 0.15) is 17.2 Å². The van der Waals surface area contributed by atoms with E-state index < -0.39 is 0 Å². The number of ether oxygens (including phenoxy) is 1. The van der Waals surface area contributed by atoms with E-state index in [0.717, 1.165) is 10.8 Å². The molecule has 0 aliphatic carbocycles. The average molecular weight is 227 g/mol. The number of methoxy groups -OCH3 is 1. The van der Waals surface area contributed by atoms with Crippen molar-refractivity contribution in [2.24, 2.45) is 0 Å². The van der Waals surface area contributed by atoms with Crippen molar-refractivity contribution < 1.29 is 9.53 Å². The van der Waals surface area contributed by atoms with E-state index in [0.29, 0.717) is 13.0 Å². The Morgan fingerprint density at radius 3 is 3.07 bits per heavy atom. The van der Waals surface area contributed by atoms with Gasteiger partial charge in [0.2, 0.25) is 0 Å². The zero-order valence-electron chi connectivity index (χ0n) is 8.69. The zero-order chi connectivity index (χ0) is 11.1. The summed E-state index contributed by atoms with van der Waals surface area (Å²) in [6, 6.07) is 1.84. The van der Waals surface area contributed by atoms with Crippen molar-refractivity contribution in [2.75, 3.05) is 25.2 Å². The molecule has 0 fully saturated rings. The maximum atomic E-state index is 10.8. The smallest absolute Gasteiger partial charge is 0.307 e. The first kappa shape index (κ1) is 11.8. The van der Waals surface area contributed by atoms with E-state index in [-0.39, 0.29) is 5.97 Å². The molecule has 1 rings (SSSR count). The van der Waals surface area contributed by atoms with Gasteiger partial charge in [0, 0.05) is 12.6 Å². The molecule has 0 bridgehead atoms. The van der Waals surface area contributed by atoms with E-state index in [1.807, 2.05) is 12.3 Å². The highest BCUT2D eigenvalue weighted by Crippen LogP contribution is 2.13. The topological polar surface area (TPSA) is 64.1 Å². The Morgan fingerprint density at radius 1 is 1.60 bits per heavy atom. The molecule has 0 saturated carbocycles. The summed E-state index contributed by atoms with van der Waals surface area (Å²) in [5.74, 6) is 0.486. The first-order chi connectivity index (χ1) is 7.26. The van der Waals surface area contributed by atoms with Crippen LogP contribution in [0, 0.1) is 0 Å². The molecule has 0 aromatic carbocycles. The second kappa shape index (κ2) is 6.23. The lowest BCUT2D eigenvalue weighted by Crippen LogP contribution is -2.10. The molecule has 1 aromatic heterocycles. The van der Waals surface area contributed by atoms with Crippen LogP contribution in [0.15, 0.2) is 17.4 Å². The molecule has 0 amide bonds. The largest absolute Gasteiger partial charge is 0.469 e. The molecule has 0 spiro atoms. The third-order valence-corrected chi connectivity index (χ3v) is 2.36. The fourth-order valence-electron chi connectivity index (χ4n) is 0.942. The second-order valence-electron chi connectivity index (χ2n) is 2.70. The minimum atomic E-state index is -0.235. The van der Waals surface area contributed by atoms with Crippen molar-refractivity contribution >= 4 is 23.5 Å². The molecule has 15 heavy (non-hydrogen) atoms. The molecule has 1 aromatic rings. The molecule has 0 radical (unpaired) electrons. The lowest BCUT2D eigenvalue weighted by Gasteiger charge is -2.04. The van der Waals surface area contributed by atoms with Crippen molar-refractivity contribution in [1.29, 1.82) is 0 Å². The van der Waals surface area contributed by atoms with Crippen LogP contribution in [0.5, 0.6) is 0 Å². The van der Waals surface area contributed by atoms with Crippen LogP contribution in [-0.4, -0.2) is 35.8 Å². The normalized spacial score (nSPS) is 9.73. The Morgan fingerprint density at radius 2 is 2.40 bits per heavy atom. The number of thioether (sulfide) groups is 1. The van der Waals surface area contributed by atoms with Crippen LogP contribution in [0.3, 0.4) is 0 Å². The predicted molar refractivity (Wildman–Crippen MR) is 58.9 cm³/mol. The number of nitrogens with zero attached hydrogens (tertiary/aromatic N) is 2. The van der Waals surface area contributed by atoms with Gasteiger partial charge in [-0.05, 0) is 6.26 Å². The third-order valence-electron chi connectivity index (χ3n) is 1.71. The Bertz CT molecular complexity index is 333. The third kappa shape index (κ3) is 4.16. The number of nitrogens with one attached hydrogen (secondary N) is 1. The van der Waals surface area contributed by atoms with E-state index in [4.69, 9.17) is 0 Å². The number of hydrogen-bond acceptors (Lipinski definition) is 6. The van der Waals surface area contributed by atoms with E-state index in [1.165, 1.54) is 13.4 Å². The summed E-state index contributed by atoms with van der Waals surface area (Å²) in [5.41, 5.74) is 0. The molecule has 6 heteroatoms. The molecule has 0 saturated heterocycles. The number of esters is 1. The van der Waals surface area contributed by atoms with Crippen LogP contribution in [-0.2, 0) is 9.53 Å². The summed E-state index contributed by atoms with van der Waals surface area (Å²) in [6.07, 6.45) is 3.77. The fourth-order valence-corrected chi connectivity index (χ4v) is 1.32. The summed E-state index contributed by atoms with van der Waals surface area (Å²) < 4.78 is 4.52. The van der Waals surface area contributed by atoms with Gasteiger partial charge in [0.05, 0.1) is 13.5 Å². The van der Waals surface area contributed by atoms with Gasteiger partial charge in [-0.15, -0.1) is 11.8 Å². The molecule has 5 nitrogen and oxygen atoms in total. The van der Waals surface area contributed by atoms with Crippen LogP contribution in [0.2, 0.25) is 0 Å². The highest BCUT2D eigenvalue weighted by molar-refractivity contribution is 7.98. The minimum absolute atomic E-state index is 0.235. The number of carbonyl (C=O) groups is 1. The number of anilines is 1. The zero-order valence-corrected chi connectivity index (χ0v) is 9.50. The van der Waals surface area contributed by atoms with E-state index in [1.54, 1.807) is 11.8 Å². The second-order valence-corrected chi connectivity index (χ2v) is 3.53. The molecule has 82 valence electrons. The summed E-state index contributed by atoms with van der Waals surface area (Å²) in [6.45, 7) is 0.511. The summed E-state index contributed by atoms with van der Waals surface area (Å²) in [5, 5.41) is 3.91. The van der Waals surface area contributed by atoms with Gasteiger partial charge in [-0.3, -0.25) is 4.79 Å². The number of rotatable bonds is 5. The van der Waals surface area contributed by atoms with Crippen LogP contribution in [0.1, 0.15) is 6.42 Å². The summed E-state index contributed by atoms with van der Waals surface area (Å²) in [4.78, 5) is 18.9. The molecule has 0 aliphatic heterocycles. The maximum Gasteiger partial charge on any atom is 0.307 e. The van der Waals surface area contributed by atoms with Crippen molar-refractivity contribution in [3.63, 3.8) is 0 Å². The van der Waals surface area contributed by atoms with Gasteiger partial charge in [-0.25, -0.2) is 9.97 Å². The Hall–Kier alpha value is -1.30. The van der Waals surface area contributed by atoms with Gasteiger partial charge in [0.15, 0.2) is 0 Å². The lowest BCUT2D eigenvalue weighted by atomic mass is 10.4. The number of hydrogen-bond donors (Lipinski definition) is 1. The Balaban J connectivity index is 2.40. The van der Waals surface area contributed by atoms with Crippen molar-refractivity contribution in [3.8, 4) is 0 Å². The van der Waals surface area contributed by atoms with Crippen LogP contribution in [0.4, 0.5) is 5.82 Å². The molecule has 0 atom stereocenters. The van der Waals surface area contributed by atoms with Crippen molar-refractivity contribution in [1.82, 2.24) is 9.97 Å². The summed E-state index contributed by atoms with van der Waals surface area (Å²) >= 11 is 1.54. The molecular weight excluding hydrogens is 214 g/mol. The first-order valence-electron chi connectivity index (χ1n) is 4.43. The molecule has 1 N–H and O–H groups in total. The molecular formula is C9H13N3O2S. The maximum absolute atomic E-state index is 10.8. The molecule has 0 unspecified atom stereocenters. The molecule has 0 aliphatic rings. The highest BCUT2D eigenvalue weighted by atomic mass is 32.2. The fraction of sp³-hybridized carbons (Fsp3) is 0.444. The van der Waals surface area contributed by atoms with Crippen molar-refractivity contribution in [2.45, 2.75) is 11.4 Å². The van der Waals surface area contributed by atoms with Gasteiger partial charge in [-0.1, -0.05) is 0 Å². The monoisotopic (exact) mass is 227 g/mol. The number of carbonyl (C=O) groups excluding carboxylic acids is 1. The van der Waals surface area contributed by atoms with Gasteiger partial charge >= 0.3 is 5.97 Å². The Labute approximate surface area is 92.6 Å². The quantitative estimate of drug-likeness (QED) is 0.463.